The van der Waals surface area contributed by atoms with Crippen molar-refractivity contribution in [1.82, 2.24) is 0 Å². The van der Waals surface area contributed by atoms with Crippen LogP contribution in [-0.4, -0.2) is 38.2 Å². The number of ether oxygens (including phenoxy) is 1. The number of methoxy groups -OCH3 is 1. The SMILES string of the molecule is CCCCCC(/C=C/C1CCCC(O)(CCCC(=O)OC)C1)O[Si](C)(C)C(C)(C)C. The number of esters is 1. The molecule has 1 saturated carbocycles. The molecule has 0 aliphatic heterocycles. The summed E-state index contributed by atoms with van der Waals surface area (Å²) in [7, 11) is -0.402. The number of unbranched alkanes of at least 4 members (excludes halogenated alkanes) is 2. The Morgan fingerprint density at radius 3 is 2.57 bits per heavy atom. The van der Waals surface area contributed by atoms with Crippen molar-refractivity contribution in [2.45, 2.75) is 128 Å². The summed E-state index contributed by atoms with van der Waals surface area (Å²) in [6.45, 7) is 13.8. The van der Waals surface area contributed by atoms with Gasteiger partial charge < -0.3 is 14.3 Å². The highest BCUT2D eigenvalue weighted by atomic mass is 28.4. The number of hydrogen-bond donors (Lipinski definition) is 1. The molecule has 176 valence electrons. The van der Waals surface area contributed by atoms with E-state index in [9.17, 15) is 9.90 Å². The van der Waals surface area contributed by atoms with Crippen molar-refractivity contribution in [3.8, 4) is 0 Å². The zero-order valence-electron chi connectivity index (χ0n) is 20.8. The van der Waals surface area contributed by atoms with Crippen LogP contribution in [0.15, 0.2) is 12.2 Å². The molecule has 5 heteroatoms. The van der Waals surface area contributed by atoms with Crippen LogP contribution >= 0.6 is 0 Å². The van der Waals surface area contributed by atoms with E-state index in [2.05, 4.69) is 52.9 Å². The molecule has 0 heterocycles. The molecule has 1 rings (SSSR count). The third-order valence-electron chi connectivity index (χ3n) is 7.05. The van der Waals surface area contributed by atoms with Gasteiger partial charge in [0.2, 0.25) is 0 Å². The number of rotatable bonds is 12. The van der Waals surface area contributed by atoms with Gasteiger partial charge in [0.05, 0.1) is 18.8 Å². The average Bonchev–Trinajstić information content (AvgIpc) is 2.65. The van der Waals surface area contributed by atoms with E-state index in [4.69, 9.17) is 9.16 Å². The monoisotopic (exact) mass is 440 g/mol. The summed E-state index contributed by atoms with van der Waals surface area (Å²) in [6, 6.07) is 0. The first kappa shape index (κ1) is 27.4. The van der Waals surface area contributed by atoms with Gasteiger partial charge in [-0.15, -0.1) is 0 Å². The lowest BCUT2D eigenvalue weighted by Crippen LogP contribution is -2.43. The van der Waals surface area contributed by atoms with Gasteiger partial charge in [0.1, 0.15) is 0 Å². The molecular formula is C25H48O4Si. The van der Waals surface area contributed by atoms with Gasteiger partial charge in [0.25, 0.3) is 0 Å². The first-order chi connectivity index (χ1) is 13.9. The predicted molar refractivity (Wildman–Crippen MR) is 128 cm³/mol. The molecule has 1 N–H and O–H groups in total. The van der Waals surface area contributed by atoms with Crippen molar-refractivity contribution in [2.24, 2.45) is 5.92 Å². The molecule has 4 nitrogen and oxygen atoms in total. The average molecular weight is 441 g/mol. The maximum atomic E-state index is 11.4. The number of allylic oxidation sites excluding steroid dienone is 1. The third kappa shape index (κ3) is 9.65. The summed E-state index contributed by atoms with van der Waals surface area (Å²) in [5.41, 5.74) is -0.653. The Morgan fingerprint density at radius 2 is 1.97 bits per heavy atom. The van der Waals surface area contributed by atoms with Gasteiger partial charge in [-0.1, -0.05) is 65.5 Å². The molecule has 30 heavy (non-hydrogen) atoms. The van der Waals surface area contributed by atoms with Crippen LogP contribution < -0.4 is 0 Å². The first-order valence-corrected chi connectivity index (χ1v) is 15.0. The summed E-state index contributed by atoms with van der Waals surface area (Å²) in [5.74, 6) is 0.196. The number of carbonyl (C=O) groups is 1. The Labute approximate surface area is 186 Å². The van der Waals surface area contributed by atoms with Gasteiger partial charge >= 0.3 is 5.97 Å². The van der Waals surface area contributed by atoms with Gasteiger partial charge in [-0.05, 0) is 62.6 Å². The summed E-state index contributed by atoms with van der Waals surface area (Å²) < 4.78 is 11.5. The summed E-state index contributed by atoms with van der Waals surface area (Å²) in [5, 5.41) is 11.3. The maximum absolute atomic E-state index is 11.4. The fraction of sp³-hybridized carbons (Fsp3) is 0.880. The van der Waals surface area contributed by atoms with Gasteiger partial charge in [-0.2, -0.15) is 0 Å². The maximum Gasteiger partial charge on any atom is 0.305 e. The van der Waals surface area contributed by atoms with Crippen molar-refractivity contribution in [1.29, 1.82) is 0 Å². The van der Waals surface area contributed by atoms with Gasteiger partial charge in [0.15, 0.2) is 8.32 Å². The quantitative estimate of drug-likeness (QED) is 0.157. The van der Waals surface area contributed by atoms with Gasteiger partial charge in [-0.25, -0.2) is 0 Å². The highest BCUT2D eigenvalue weighted by molar-refractivity contribution is 6.74. The molecule has 0 aromatic heterocycles. The van der Waals surface area contributed by atoms with Crippen molar-refractivity contribution in [3.05, 3.63) is 12.2 Å². The minimum absolute atomic E-state index is 0.173. The zero-order valence-corrected chi connectivity index (χ0v) is 21.8. The molecular weight excluding hydrogens is 392 g/mol. The highest BCUT2D eigenvalue weighted by Gasteiger charge is 2.39. The highest BCUT2D eigenvalue weighted by Crippen LogP contribution is 2.39. The van der Waals surface area contributed by atoms with Crippen molar-refractivity contribution in [2.75, 3.05) is 7.11 Å². The largest absolute Gasteiger partial charge is 0.469 e. The van der Waals surface area contributed by atoms with Crippen molar-refractivity contribution < 1.29 is 19.1 Å². The van der Waals surface area contributed by atoms with Crippen molar-refractivity contribution in [3.63, 3.8) is 0 Å². The number of aliphatic hydroxyl groups is 1. The minimum Gasteiger partial charge on any atom is -0.469 e. The lowest BCUT2D eigenvalue weighted by molar-refractivity contribution is -0.141. The molecule has 0 radical (unpaired) electrons. The molecule has 1 fully saturated rings. The second kappa shape index (κ2) is 12.4. The Morgan fingerprint density at radius 1 is 1.27 bits per heavy atom. The first-order valence-electron chi connectivity index (χ1n) is 12.1. The summed E-state index contributed by atoms with van der Waals surface area (Å²) in [6.07, 6.45) is 15.0. The lowest BCUT2D eigenvalue weighted by Gasteiger charge is -2.39. The number of carbonyl (C=O) groups excluding carboxylic acids is 1. The number of hydrogen-bond acceptors (Lipinski definition) is 4. The molecule has 0 saturated heterocycles. The molecule has 0 amide bonds. The molecule has 1 aliphatic carbocycles. The van der Waals surface area contributed by atoms with Crippen LogP contribution in [0, 0.1) is 5.92 Å². The topological polar surface area (TPSA) is 55.8 Å². The zero-order chi connectivity index (χ0) is 22.8. The van der Waals surface area contributed by atoms with Crippen LogP contribution in [0.2, 0.25) is 18.1 Å². The van der Waals surface area contributed by atoms with E-state index in [1.54, 1.807) is 0 Å². The molecule has 1 aliphatic rings. The van der Waals surface area contributed by atoms with Crippen molar-refractivity contribution >= 4 is 14.3 Å². The van der Waals surface area contributed by atoms with Gasteiger partial charge in [0, 0.05) is 6.42 Å². The fourth-order valence-electron chi connectivity index (χ4n) is 4.07. The van der Waals surface area contributed by atoms with E-state index >= 15 is 0 Å². The van der Waals surface area contributed by atoms with Crippen LogP contribution in [0.4, 0.5) is 0 Å². The van der Waals surface area contributed by atoms with Gasteiger partial charge in [-0.3, -0.25) is 4.79 Å². The lowest BCUT2D eigenvalue weighted by atomic mass is 9.75. The van der Waals surface area contributed by atoms with E-state index in [1.165, 1.54) is 26.4 Å². The molecule has 3 unspecified atom stereocenters. The Balaban J connectivity index is 2.72. The molecule has 0 aromatic carbocycles. The van der Waals surface area contributed by atoms with E-state index in [0.29, 0.717) is 25.2 Å². The standard InChI is InChI=1S/C25H48O4Si/c1-8-9-10-14-22(29-30(6,7)24(2,3)4)17-16-21-13-11-18-25(27,20-21)19-12-15-23(26)28-5/h16-17,21-22,27H,8-15,18-20H2,1-7H3/b17-16+. The smallest absolute Gasteiger partial charge is 0.305 e. The van der Waals surface area contributed by atoms with E-state index in [1.807, 2.05) is 0 Å². The molecule has 0 aromatic rings. The van der Waals surface area contributed by atoms with E-state index < -0.39 is 13.9 Å². The minimum atomic E-state index is -1.82. The van der Waals surface area contributed by atoms with Crippen LogP contribution in [-0.2, 0) is 14.0 Å². The second-order valence-corrected chi connectivity index (χ2v) is 15.6. The van der Waals surface area contributed by atoms with Crippen LogP contribution in [0.3, 0.4) is 0 Å². The normalized spacial score (nSPS) is 24.2. The Kier molecular flexibility index (Phi) is 11.3. The predicted octanol–water partition coefficient (Wildman–Crippen LogP) is 6.78. The second-order valence-electron chi connectivity index (χ2n) is 10.8. The van der Waals surface area contributed by atoms with Crippen LogP contribution in [0.25, 0.3) is 0 Å². The van der Waals surface area contributed by atoms with Crippen LogP contribution in [0.1, 0.15) is 98.3 Å². The van der Waals surface area contributed by atoms with Crippen LogP contribution in [0.5, 0.6) is 0 Å². The fourth-order valence-corrected chi connectivity index (χ4v) is 5.37. The molecule has 3 atom stereocenters. The molecule has 0 bridgehead atoms. The summed E-state index contributed by atoms with van der Waals surface area (Å²) >= 11 is 0. The van der Waals surface area contributed by atoms with E-state index in [0.717, 1.165) is 32.1 Å². The van der Waals surface area contributed by atoms with E-state index in [-0.39, 0.29) is 17.1 Å². The Hall–Kier alpha value is -0.653. The Bertz CT molecular complexity index is 538. The molecule has 0 spiro atoms. The summed E-state index contributed by atoms with van der Waals surface area (Å²) in [4.78, 5) is 11.4. The third-order valence-corrected chi connectivity index (χ3v) is 11.6.